The Labute approximate surface area is 135 Å². The van der Waals surface area contributed by atoms with Gasteiger partial charge in [0.25, 0.3) is 0 Å². The first kappa shape index (κ1) is 14.7. The lowest BCUT2D eigenvalue weighted by Crippen LogP contribution is -2.15. The molecule has 3 rings (SSSR count). The number of rotatable bonds is 4. The molecule has 0 saturated heterocycles. The molecule has 0 atom stereocenters. The van der Waals surface area contributed by atoms with Crippen molar-refractivity contribution in [2.24, 2.45) is 0 Å². The molecule has 0 aliphatic rings. The van der Waals surface area contributed by atoms with E-state index in [2.05, 4.69) is 59.9 Å². The minimum absolute atomic E-state index is 0.607. The van der Waals surface area contributed by atoms with Crippen molar-refractivity contribution in [2.75, 3.05) is 0 Å². The fraction of sp³-hybridized carbons (Fsp3) is 0.222. The first-order valence-corrected chi connectivity index (χ1v) is 7.89. The molecule has 22 heavy (non-hydrogen) atoms. The Kier molecular flexibility index (Phi) is 4.20. The lowest BCUT2D eigenvalue weighted by atomic mass is 10.1. The first-order chi connectivity index (χ1) is 10.7. The van der Waals surface area contributed by atoms with Gasteiger partial charge in [0.05, 0.1) is 12.2 Å². The molecule has 0 spiro atoms. The molecule has 0 amide bonds. The summed E-state index contributed by atoms with van der Waals surface area (Å²) in [6, 6.07) is 18.7. The van der Waals surface area contributed by atoms with Crippen molar-refractivity contribution >= 4 is 12.2 Å². The molecule has 0 N–H and O–H groups in total. The summed E-state index contributed by atoms with van der Waals surface area (Å²) in [5.74, 6) is 1.01. The summed E-state index contributed by atoms with van der Waals surface area (Å²) in [7, 11) is 0. The lowest BCUT2D eigenvalue weighted by Gasteiger charge is -2.14. The van der Waals surface area contributed by atoms with Crippen LogP contribution in [0.1, 0.15) is 23.9 Å². The third-order valence-corrected chi connectivity index (χ3v) is 3.94. The van der Waals surface area contributed by atoms with Gasteiger partial charge in [-0.25, -0.2) is 9.67 Å². The third kappa shape index (κ3) is 2.88. The van der Waals surface area contributed by atoms with Crippen molar-refractivity contribution in [1.29, 1.82) is 0 Å². The summed E-state index contributed by atoms with van der Waals surface area (Å²) in [6.07, 6.45) is 0.856. The van der Waals surface area contributed by atoms with Crippen LogP contribution in [-0.2, 0) is 13.0 Å². The van der Waals surface area contributed by atoms with Crippen LogP contribution >= 0.6 is 12.2 Å². The Hall–Kier alpha value is -2.20. The van der Waals surface area contributed by atoms with Gasteiger partial charge in [-0.3, -0.25) is 4.68 Å². The van der Waals surface area contributed by atoms with E-state index in [-0.39, 0.29) is 0 Å². The number of aryl methyl sites for hydroxylation is 2. The molecule has 0 saturated carbocycles. The van der Waals surface area contributed by atoms with Gasteiger partial charge >= 0.3 is 0 Å². The number of nitrogens with zero attached hydrogens (tertiary/aromatic N) is 3. The van der Waals surface area contributed by atoms with Crippen LogP contribution in [0.4, 0.5) is 0 Å². The van der Waals surface area contributed by atoms with Crippen LogP contribution in [0.25, 0.3) is 5.69 Å². The molecule has 0 fully saturated rings. The Morgan fingerprint density at radius 1 is 1.05 bits per heavy atom. The maximum Gasteiger partial charge on any atom is 0.221 e. The second-order valence-corrected chi connectivity index (χ2v) is 5.72. The zero-order valence-corrected chi connectivity index (χ0v) is 13.7. The quantitative estimate of drug-likeness (QED) is 0.670. The van der Waals surface area contributed by atoms with Gasteiger partial charge in [0.2, 0.25) is 4.77 Å². The predicted molar refractivity (Wildman–Crippen MR) is 92.0 cm³/mol. The topological polar surface area (TPSA) is 22.8 Å². The van der Waals surface area contributed by atoms with Crippen LogP contribution in [0.15, 0.2) is 54.6 Å². The highest BCUT2D eigenvalue weighted by Crippen LogP contribution is 2.14. The fourth-order valence-corrected chi connectivity index (χ4v) is 2.97. The highest BCUT2D eigenvalue weighted by Gasteiger charge is 2.11. The van der Waals surface area contributed by atoms with Crippen LogP contribution < -0.4 is 0 Å². The van der Waals surface area contributed by atoms with Crippen molar-refractivity contribution in [3.05, 3.63) is 76.3 Å². The second kappa shape index (κ2) is 6.28. The molecule has 4 heteroatoms. The van der Waals surface area contributed by atoms with E-state index in [0.717, 1.165) is 24.5 Å². The molecule has 0 aliphatic heterocycles. The van der Waals surface area contributed by atoms with Gasteiger partial charge in [-0.2, -0.15) is 0 Å². The SMILES string of the molecule is CCc1nc(=S)n(-c2ccccc2)n1Cc1cccc(C)c1. The van der Waals surface area contributed by atoms with Crippen molar-refractivity contribution in [3.8, 4) is 5.69 Å². The Morgan fingerprint density at radius 2 is 1.82 bits per heavy atom. The Morgan fingerprint density at radius 3 is 2.50 bits per heavy atom. The van der Waals surface area contributed by atoms with Crippen molar-refractivity contribution in [3.63, 3.8) is 0 Å². The van der Waals surface area contributed by atoms with E-state index in [1.165, 1.54) is 11.1 Å². The molecule has 1 aromatic heterocycles. The van der Waals surface area contributed by atoms with Gasteiger partial charge < -0.3 is 0 Å². The summed E-state index contributed by atoms with van der Waals surface area (Å²) >= 11 is 5.48. The summed E-state index contributed by atoms with van der Waals surface area (Å²) in [4.78, 5) is 4.56. The Balaban J connectivity index is 2.12. The van der Waals surface area contributed by atoms with E-state index < -0.39 is 0 Å². The number of aromatic nitrogens is 3. The third-order valence-electron chi connectivity index (χ3n) is 3.68. The van der Waals surface area contributed by atoms with E-state index >= 15 is 0 Å². The summed E-state index contributed by atoms with van der Waals surface area (Å²) < 4.78 is 4.80. The monoisotopic (exact) mass is 309 g/mol. The van der Waals surface area contributed by atoms with E-state index in [9.17, 15) is 0 Å². The smallest absolute Gasteiger partial charge is 0.221 e. The molecule has 3 nitrogen and oxygen atoms in total. The summed E-state index contributed by atoms with van der Waals surface area (Å²) in [6.45, 7) is 4.99. The average Bonchev–Trinajstić information content (AvgIpc) is 2.84. The molecule has 0 aliphatic carbocycles. The first-order valence-electron chi connectivity index (χ1n) is 7.48. The normalized spacial score (nSPS) is 10.8. The van der Waals surface area contributed by atoms with Gasteiger partial charge in [0.15, 0.2) is 0 Å². The van der Waals surface area contributed by atoms with Gasteiger partial charge in [0, 0.05) is 6.42 Å². The molecule has 2 aromatic carbocycles. The van der Waals surface area contributed by atoms with Crippen LogP contribution in [-0.4, -0.2) is 14.3 Å². The van der Waals surface area contributed by atoms with Crippen molar-refractivity contribution in [1.82, 2.24) is 14.3 Å². The standard InChI is InChI=1S/C18H19N3S/c1-3-17-19-18(22)21(16-10-5-4-6-11-16)20(17)13-15-9-7-8-14(2)12-15/h4-12H,3,13H2,1-2H3. The second-order valence-electron chi connectivity index (χ2n) is 5.36. The highest BCUT2D eigenvalue weighted by atomic mass is 32.1. The maximum atomic E-state index is 5.48. The molecule has 0 radical (unpaired) electrons. The van der Waals surface area contributed by atoms with Crippen LogP contribution in [0.2, 0.25) is 0 Å². The zero-order valence-electron chi connectivity index (χ0n) is 12.9. The number of benzene rings is 2. The van der Waals surface area contributed by atoms with Crippen LogP contribution in [0.3, 0.4) is 0 Å². The van der Waals surface area contributed by atoms with E-state index in [1.54, 1.807) is 0 Å². The van der Waals surface area contributed by atoms with Crippen LogP contribution in [0.5, 0.6) is 0 Å². The molecule has 3 aromatic rings. The predicted octanol–water partition coefficient (Wildman–Crippen LogP) is 4.32. The van der Waals surface area contributed by atoms with Crippen molar-refractivity contribution < 1.29 is 0 Å². The zero-order chi connectivity index (χ0) is 15.5. The summed E-state index contributed by atoms with van der Waals surface area (Å²) in [5.41, 5.74) is 3.57. The summed E-state index contributed by atoms with van der Waals surface area (Å²) in [5, 5.41) is 0. The maximum absolute atomic E-state index is 5.48. The molecule has 112 valence electrons. The minimum atomic E-state index is 0.607. The molecule has 1 heterocycles. The lowest BCUT2D eigenvalue weighted by molar-refractivity contribution is 0.572. The van der Waals surface area contributed by atoms with Crippen molar-refractivity contribution in [2.45, 2.75) is 26.8 Å². The fourth-order valence-electron chi connectivity index (χ4n) is 2.66. The van der Waals surface area contributed by atoms with Gasteiger partial charge in [-0.05, 0) is 36.8 Å². The molecule has 0 bridgehead atoms. The highest BCUT2D eigenvalue weighted by molar-refractivity contribution is 7.71. The molecule has 0 unspecified atom stereocenters. The number of hydrogen-bond donors (Lipinski definition) is 0. The molecular formula is C18H19N3S. The minimum Gasteiger partial charge on any atom is -0.260 e. The van der Waals surface area contributed by atoms with E-state index in [4.69, 9.17) is 12.2 Å². The average molecular weight is 309 g/mol. The van der Waals surface area contributed by atoms with E-state index in [1.807, 2.05) is 22.9 Å². The number of para-hydroxylation sites is 1. The number of hydrogen-bond acceptors (Lipinski definition) is 2. The Bertz CT molecular complexity index is 831. The van der Waals surface area contributed by atoms with Crippen LogP contribution in [0, 0.1) is 11.7 Å². The molecular weight excluding hydrogens is 290 g/mol. The van der Waals surface area contributed by atoms with E-state index in [0.29, 0.717) is 4.77 Å². The van der Waals surface area contributed by atoms with Gasteiger partial charge in [0.1, 0.15) is 5.82 Å². The van der Waals surface area contributed by atoms with Gasteiger partial charge in [-0.1, -0.05) is 55.0 Å². The van der Waals surface area contributed by atoms with Gasteiger partial charge in [-0.15, -0.1) is 0 Å². The largest absolute Gasteiger partial charge is 0.260 e.